The molecule has 0 atom stereocenters. The predicted octanol–water partition coefficient (Wildman–Crippen LogP) is 2.24. The van der Waals surface area contributed by atoms with Crippen LogP contribution in [0.2, 0.25) is 0 Å². The smallest absolute Gasteiger partial charge is 0.241 e. The van der Waals surface area contributed by atoms with Crippen molar-refractivity contribution in [3.8, 4) is 0 Å². The van der Waals surface area contributed by atoms with E-state index in [0.717, 1.165) is 16.9 Å². The average Bonchev–Trinajstić information content (AvgIpc) is 2.66. The van der Waals surface area contributed by atoms with E-state index < -0.39 is 10.0 Å². The van der Waals surface area contributed by atoms with Crippen LogP contribution < -0.4 is 10.0 Å². The summed E-state index contributed by atoms with van der Waals surface area (Å²) in [5.74, 6) is 0. The van der Waals surface area contributed by atoms with Crippen LogP contribution in [0.3, 0.4) is 0 Å². The van der Waals surface area contributed by atoms with Crippen LogP contribution in [0, 0.1) is 6.92 Å². The summed E-state index contributed by atoms with van der Waals surface area (Å²) in [7, 11) is -3.37. The first-order chi connectivity index (χ1) is 8.38. The van der Waals surface area contributed by atoms with Crippen molar-refractivity contribution in [1.29, 1.82) is 0 Å². The van der Waals surface area contributed by atoms with Gasteiger partial charge < -0.3 is 5.32 Å². The van der Waals surface area contributed by atoms with Crippen molar-refractivity contribution < 1.29 is 8.42 Å². The first-order valence-corrected chi connectivity index (χ1v) is 8.54. The Labute approximate surface area is 114 Å². The monoisotopic (exact) mass is 290 g/mol. The molecule has 0 amide bonds. The molecule has 0 aromatic carbocycles. The van der Waals surface area contributed by atoms with Crippen LogP contribution in [0.5, 0.6) is 0 Å². The van der Waals surface area contributed by atoms with Gasteiger partial charge in [-0.3, -0.25) is 0 Å². The second kappa shape index (κ2) is 6.65. The van der Waals surface area contributed by atoms with Crippen LogP contribution in [0.1, 0.15) is 37.6 Å². The van der Waals surface area contributed by atoms with E-state index in [2.05, 4.69) is 10.0 Å². The maximum absolute atomic E-state index is 12.2. The first kappa shape index (κ1) is 15.6. The minimum atomic E-state index is -3.37. The number of sulfonamides is 1. The molecular formula is C12H22N2O2S2. The topological polar surface area (TPSA) is 58.2 Å². The molecule has 0 saturated carbocycles. The average molecular weight is 290 g/mol. The zero-order valence-corrected chi connectivity index (χ0v) is 13.0. The third-order valence-corrected chi connectivity index (χ3v) is 5.39. The number of aryl methyl sites for hydroxylation is 1. The van der Waals surface area contributed by atoms with Crippen LogP contribution in [0.25, 0.3) is 0 Å². The second-order valence-corrected chi connectivity index (χ2v) is 7.27. The van der Waals surface area contributed by atoms with Crippen LogP contribution >= 0.6 is 11.3 Å². The Morgan fingerprint density at radius 3 is 2.61 bits per heavy atom. The van der Waals surface area contributed by atoms with Gasteiger partial charge in [-0.15, -0.1) is 11.3 Å². The SMILES string of the molecule is CCCNS(=O)(=O)c1c(C)csc1CNC(C)C. The lowest BCUT2D eigenvalue weighted by atomic mass is 10.3. The number of hydrogen-bond acceptors (Lipinski definition) is 4. The highest BCUT2D eigenvalue weighted by Crippen LogP contribution is 2.26. The molecule has 2 N–H and O–H groups in total. The molecule has 18 heavy (non-hydrogen) atoms. The van der Waals surface area contributed by atoms with Crippen molar-refractivity contribution in [1.82, 2.24) is 10.0 Å². The van der Waals surface area contributed by atoms with Crippen molar-refractivity contribution in [2.75, 3.05) is 6.54 Å². The predicted molar refractivity (Wildman–Crippen MR) is 76.5 cm³/mol. The van der Waals surface area contributed by atoms with E-state index in [9.17, 15) is 8.42 Å². The first-order valence-electron chi connectivity index (χ1n) is 6.18. The fraction of sp³-hybridized carbons (Fsp3) is 0.667. The van der Waals surface area contributed by atoms with Crippen molar-refractivity contribution in [2.45, 2.75) is 51.6 Å². The molecule has 0 aliphatic rings. The molecule has 0 radical (unpaired) electrons. The van der Waals surface area contributed by atoms with Crippen LogP contribution in [-0.2, 0) is 16.6 Å². The van der Waals surface area contributed by atoms with Gasteiger partial charge in [0.2, 0.25) is 10.0 Å². The molecule has 0 aliphatic carbocycles. The fourth-order valence-corrected chi connectivity index (χ4v) is 4.47. The van der Waals surface area contributed by atoms with Gasteiger partial charge in [0.15, 0.2) is 0 Å². The Bertz CT molecular complexity index is 478. The minimum absolute atomic E-state index is 0.339. The lowest BCUT2D eigenvalue weighted by Gasteiger charge is -2.11. The van der Waals surface area contributed by atoms with Gasteiger partial charge in [-0.05, 0) is 24.3 Å². The Kier molecular flexibility index (Phi) is 5.78. The number of thiophene rings is 1. The molecule has 0 spiro atoms. The highest BCUT2D eigenvalue weighted by Gasteiger charge is 2.22. The van der Waals surface area contributed by atoms with Gasteiger partial charge in [0.1, 0.15) is 4.90 Å². The molecule has 1 heterocycles. The minimum Gasteiger partial charge on any atom is -0.310 e. The van der Waals surface area contributed by atoms with Crippen molar-refractivity contribution >= 4 is 21.4 Å². The molecular weight excluding hydrogens is 268 g/mol. The largest absolute Gasteiger partial charge is 0.310 e. The van der Waals surface area contributed by atoms with Gasteiger partial charge in [0.25, 0.3) is 0 Å². The van der Waals surface area contributed by atoms with Gasteiger partial charge >= 0.3 is 0 Å². The lowest BCUT2D eigenvalue weighted by Crippen LogP contribution is -2.27. The fourth-order valence-electron chi connectivity index (χ4n) is 1.58. The molecule has 0 saturated heterocycles. The standard InChI is InChI=1S/C12H22N2O2S2/c1-5-6-14-18(15,16)12-10(4)8-17-11(12)7-13-9(2)3/h8-9,13-14H,5-7H2,1-4H3. The van der Waals surface area contributed by atoms with Crippen molar-refractivity contribution in [3.63, 3.8) is 0 Å². The van der Waals surface area contributed by atoms with Gasteiger partial charge in [0, 0.05) is 24.0 Å². The summed E-state index contributed by atoms with van der Waals surface area (Å²) in [6.45, 7) is 8.96. The Morgan fingerprint density at radius 2 is 2.06 bits per heavy atom. The third-order valence-electron chi connectivity index (χ3n) is 2.47. The van der Waals surface area contributed by atoms with E-state index >= 15 is 0 Å². The highest BCUT2D eigenvalue weighted by atomic mass is 32.2. The summed E-state index contributed by atoms with van der Waals surface area (Å²) in [6, 6.07) is 0.339. The maximum atomic E-state index is 12.2. The quantitative estimate of drug-likeness (QED) is 0.809. The molecule has 6 heteroatoms. The van der Waals surface area contributed by atoms with E-state index in [1.165, 1.54) is 11.3 Å². The molecule has 0 fully saturated rings. The summed E-state index contributed by atoms with van der Waals surface area (Å²) in [4.78, 5) is 1.33. The Morgan fingerprint density at radius 1 is 1.39 bits per heavy atom. The zero-order chi connectivity index (χ0) is 13.8. The second-order valence-electron chi connectivity index (χ2n) is 4.60. The van der Waals surface area contributed by atoms with Gasteiger partial charge in [0.05, 0.1) is 0 Å². The van der Waals surface area contributed by atoms with E-state index in [4.69, 9.17) is 0 Å². The van der Waals surface area contributed by atoms with Crippen LogP contribution in [0.15, 0.2) is 10.3 Å². The van der Waals surface area contributed by atoms with Gasteiger partial charge in [-0.1, -0.05) is 20.8 Å². The molecule has 0 bridgehead atoms. The highest BCUT2D eigenvalue weighted by molar-refractivity contribution is 7.89. The third kappa shape index (κ3) is 4.05. The maximum Gasteiger partial charge on any atom is 0.241 e. The van der Waals surface area contributed by atoms with Crippen molar-refractivity contribution in [3.05, 3.63) is 15.8 Å². The van der Waals surface area contributed by atoms with Gasteiger partial charge in [-0.25, -0.2) is 13.1 Å². The number of nitrogens with one attached hydrogen (secondary N) is 2. The van der Waals surface area contributed by atoms with E-state index in [1.807, 2.05) is 33.1 Å². The van der Waals surface area contributed by atoms with E-state index in [1.54, 1.807) is 0 Å². The summed E-state index contributed by atoms with van der Waals surface area (Å²) in [5, 5.41) is 5.16. The summed E-state index contributed by atoms with van der Waals surface area (Å²) >= 11 is 1.50. The summed E-state index contributed by atoms with van der Waals surface area (Å²) in [5.41, 5.74) is 0.823. The van der Waals surface area contributed by atoms with E-state index in [-0.39, 0.29) is 0 Å². The number of rotatable bonds is 7. The summed E-state index contributed by atoms with van der Waals surface area (Å²) in [6.07, 6.45) is 0.794. The van der Waals surface area contributed by atoms with Gasteiger partial charge in [-0.2, -0.15) is 0 Å². The zero-order valence-electron chi connectivity index (χ0n) is 11.4. The molecule has 1 aromatic heterocycles. The normalized spacial score (nSPS) is 12.3. The Balaban J connectivity index is 2.96. The lowest BCUT2D eigenvalue weighted by molar-refractivity contribution is 0.570. The van der Waals surface area contributed by atoms with Crippen LogP contribution in [-0.4, -0.2) is 21.0 Å². The van der Waals surface area contributed by atoms with E-state index in [0.29, 0.717) is 24.0 Å². The number of hydrogen-bond donors (Lipinski definition) is 2. The molecule has 1 rings (SSSR count). The Hall–Kier alpha value is -0.430. The van der Waals surface area contributed by atoms with Crippen molar-refractivity contribution in [2.24, 2.45) is 0 Å². The molecule has 1 aromatic rings. The molecule has 0 aliphatic heterocycles. The summed E-state index contributed by atoms with van der Waals surface area (Å²) < 4.78 is 27.0. The molecule has 0 unspecified atom stereocenters. The molecule has 4 nitrogen and oxygen atoms in total. The molecule has 104 valence electrons. The van der Waals surface area contributed by atoms with Crippen LogP contribution in [0.4, 0.5) is 0 Å².